The molecule has 0 aromatic heterocycles. The lowest BCUT2D eigenvalue weighted by Crippen LogP contribution is -2.45. The minimum absolute atomic E-state index is 0.150. The van der Waals surface area contributed by atoms with Crippen LogP contribution in [0.3, 0.4) is 0 Å². The number of hydrogen-bond donors (Lipinski definition) is 1. The van der Waals surface area contributed by atoms with Gasteiger partial charge >= 0.3 is 5.97 Å². The molecule has 2 aromatic rings. The van der Waals surface area contributed by atoms with Crippen LogP contribution in [0.5, 0.6) is 0 Å². The van der Waals surface area contributed by atoms with Gasteiger partial charge in [-0.05, 0) is 63.1 Å². The summed E-state index contributed by atoms with van der Waals surface area (Å²) in [6, 6.07) is 9.68. The number of hydrogen-bond acceptors (Lipinski definition) is 3. The summed E-state index contributed by atoms with van der Waals surface area (Å²) in [5, 5.41) is 9.09. The molecule has 28 heavy (non-hydrogen) atoms. The van der Waals surface area contributed by atoms with Crippen molar-refractivity contribution in [1.82, 2.24) is 0 Å². The molecule has 0 bridgehead atoms. The van der Waals surface area contributed by atoms with Gasteiger partial charge in [0.1, 0.15) is 5.82 Å². The largest absolute Gasteiger partial charge is 0.478 e. The molecule has 0 spiro atoms. The Bertz CT molecular complexity index is 977. The summed E-state index contributed by atoms with van der Waals surface area (Å²) in [5.41, 5.74) is 3.82. The summed E-state index contributed by atoms with van der Waals surface area (Å²) in [6.45, 7) is 9.27. The highest BCUT2D eigenvalue weighted by molar-refractivity contribution is 5.91. The van der Waals surface area contributed by atoms with Crippen molar-refractivity contribution < 1.29 is 14.3 Å². The van der Waals surface area contributed by atoms with Gasteiger partial charge in [0.2, 0.25) is 0 Å². The molecular formula is C23H25FN2O2. The molecule has 0 fully saturated rings. The molecule has 0 unspecified atom stereocenters. The van der Waals surface area contributed by atoms with Gasteiger partial charge in [-0.3, -0.25) is 4.99 Å². The average molecular weight is 380 g/mol. The number of carbonyl (C=O) groups is 1. The first-order valence-corrected chi connectivity index (χ1v) is 9.41. The van der Waals surface area contributed by atoms with Crippen LogP contribution < -0.4 is 4.90 Å². The minimum atomic E-state index is -1.02. The monoisotopic (exact) mass is 380 g/mol. The maximum atomic E-state index is 14.8. The average Bonchev–Trinajstić information content (AvgIpc) is 2.63. The van der Waals surface area contributed by atoms with Crippen LogP contribution in [0, 0.1) is 5.82 Å². The van der Waals surface area contributed by atoms with Gasteiger partial charge in [0, 0.05) is 29.6 Å². The number of carboxylic acid groups (broad SMARTS) is 1. The standard InChI is InChI=1S/C23H25FN2O2/c1-5-9-26-21-12-20(24)17(11-19(21)15(2)13-23(26,3)4)14-25-18-8-6-7-16(10-18)22(27)28/h6-8,10-14H,5,9H2,1-4H3,(H,27,28). The van der Waals surface area contributed by atoms with E-state index in [-0.39, 0.29) is 16.9 Å². The molecule has 1 aliphatic heterocycles. The number of nitrogens with zero attached hydrogens (tertiary/aromatic N) is 2. The molecule has 4 nitrogen and oxygen atoms in total. The van der Waals surface area contributed by atoms with E-state index in [9.17, 15) is 9.18 Å². The highest BCUT2D eigenvalue weighted by Gasteiger charge is 2.31. The third-order valence-electron chi connectivity index (χ3n) is 4.99. The summed E-state index contributed by atoms with van der Waals surface area (Å²) in [6.07, 6.45) is 4.63. The first kappa shape index (κ1) is 19.8. The summed E-state index contributed by atoms with van der Waals surface area (Å²) in [7, 11) is 0. The van der Waals surface area contributed by atoms with E-state index in [2.05, 4.69) is 36.7 Å². The number of halogens is 1. The van der Waals surface area contributed by atoms with E-state index >= 15 is 0 Å². The van der Waals surface area contributed by atoms with Crippen LogP contribution >= 0.6 is 0 Å². The van der Waals surface area contributed by atoms with Crippen molar-refractivity contribution in [2.75, 3.05) is 11.4 Å². The van der Waals surface area contributed by atoms with E-state index in [4.69, 9.17) is 5.11 Å². The van der Waals surface area contributed by atoms with E-state index in [1.807, 2.05) is 13.0 Å². The fraction of sp³-hybridized carbons (Fsp3) is 0.304. The Morgan fingerprint density at radius 2 is 2.04 bits per heavy atom. The topological polar surface area (TPSA) is 52.9 Å². The van der Waals surface area contributed by atoms with Gasteiger partial charge in [-0.25, -0.2) is 9.18 Å². The summed E-state index contributed by atoms with van der Waals surface area (Å²) in [5.74, 6) is -1.36. The van der Waals surface area contributed by atoms with Crippen molar-refractivity contribution in [3.63, 3.8) is 0 Å². The Kier molecular flexibility index (Phi) is 5.36. The number of aliphatic imine (C=N–C) groups is 1. The Labute approximate surface area is 165 Å². The first-order valence-electron chi connectivity index (χ1n) is 9.41. The first-order chi connectivity index (χ1) is 13.2. The zero-order chi connectivity index (χ0) is 20.5. The van der Waals surface area contributed by atoms with Crippen LogP contribution in [-0.2, 0) is 0 Å². The quantitative estimate of drug-likeness (QED) is 0.678. The minimum Gasteiger partial charge on any atom is -0.478 e. The summed E-state index contributed by atoms with van der Waals surface area (Å²) >= 11 is 0. The number of aromatic carboxylic acids is 1. The van der Waals surface area contributed by atoms with E-state index in [1.54, 1.807) is 18.2 Å². The van der Waals surface area contributed by atoms with Gasteiger partial charge in [-0.15, -0.1) is 0 Å². The van der Waals surface area contributed by atoms with E-state index in [0.29, 0.717) is 11.3 Å². The predicted octanol–water partition coefficient (Wildman–Crippen LogP) is 5.69. The van der Waals surface area contributed by atoms with Gasteiger partial charge in [0.05, 0.1) is 16.8 Å². The van der Waals surface area contributed by atoms with Crippen molar-refractivity contribution >= 4 is 29.1 Å². The Morgan fingerprint density at radius 3 is 2.71 bits per heavy atom. The number of anilines is 1. The maximum Gasteiger partial charge on any atom is 0.335 e. The van der Waals surface area contributed by atoms with Crippen molar-refractivity contribution in [1.29, 1.82) is 0 Å². The van der Waals surface area contributed by atoms with Crippen LogP contribution in [0.2, 0.25) is 0 Å². The third kappa shape index (κ3) is 3.84. The molecule has 146 valence electrons. The lowest BCUT2D eigenvalue weighted by molar-refractivity contribution is 0.0697. The van der Waals surface area contributed by atoms with Gasteiger partial charge in [0.15, 0.2) is 0 Å². The van der Waals surface area contributed by atoms with Crippen LogP contribution in [0.15, 0.2) is 47.5 Å². The molecule has 1 aliphatic rings. The van der Waals surface area contributed by atoms with Crippen molar-refractivity contribution in [3.05, 3.63) is 65.0 Å². The molecule has 0 radical (unpaired) electrons. The Balaban J connectivity index is 2.01. The van der Waals surface area contributed by atoms with E-state index < -0.39 is 5.97 Å². The third-order valence-corrected chi connectivity index (χ3v) is 4.99. The number of allylic oxidation sites excluding steroid dienone is 1. The lowest BCUT2D eigenvalue weighted by atomic mass is 9.87. The van der Waals surface area contributed by atoms with Gasteiger partial charge < -0.3 is 10.0 Å². The smallest absolute Gasteiger partial charge is 0.335 e. The molecule has 0 saturated heterocycles. The van der Waals surface area contributed by atoms with Gasteiger partial charge in [0.25, 0.3) is 0 Å². The van der Waals surface area contributed by atoms with Gasteiger partial charge in [-0.1, -0.05) is 19.1 Å². The zero-order valence-electron chi connectivity index (χ0n) is 16.7. The van der Waals surface area contributed by atoms with Crippen molar-refractivity contribution in [2.24, 2.45) is 4.99 Å². The number of benzene rings is 2. The Morgan fingerprint density at radius 1 is 1.29 bits per heavy atom. The lowest BCUT2D eigenvalue weighted by Gasteiger charge is -2.43. The Hall–Kier alpha value is -2.95. The SMILES string of the molecule is CCCN1c2cc(F)c(C=Nc3cccc(C(=O)O)c3)cc2C(C)=CC1(C)C. The van der Waals surface area contributed by atoms with Crippen molar-refractivity contribution in [2.45, 2.75) is 39.7 Å². The molecule has 3 rings (SSSR count). The summed E-state index contributed by atoms with van der Waals surface area (Å²) in [4.78, 5) is 17.6. The molecule has 0 atom stereocenters. The highest BCUT2D eigenvalue weighted by atomic mass is 19.1. The van der Waals surface area contributed by atoms with Crippen molar-refractivity contribution in [3.8, 4) is 0 Å². The second-order valence-electron chi connectivity index (χ2n) is 7.64. The molecular weight excluding hydrogens is 355 g/mol. The number of fused-ring (bicyclic) bond motifs is 1. The van der Waals surface area contributed by atoms with E-state index in [0.717, 1.165) is 29.8 Å². The van der Waals surface area contributed by atoms with Gasteiger partial charge in [-0.2, -0.15) is 0 Å². The predicted molar refractivity (Wildman–Crippen MR) is 112 cm³/mol. The van der Waals surface area contributed by atoms with Crippen LogP contribution in [0.4, 0.5) is 15.8 Å². The molecule has 0 saturated carbocycles. The zero-order valence-corrected chi connectivity index (χ0v) is 16.7. The molecule has 0 amide bonds. The molecule has 1 N–H and O–H groups in total. The van der Waals surface area contributed by atoms with Crippen LogP contribution in [-0.4, -0.2) is 29.4 Å². The summed E-state index contributed by atoms with van der Waals surface area (Å²) < 4.78 is 14.8. The molecule has 0 aliphatic carbocycles. The molecule has 1 heterocycles. The number of rotatable bonds is 5. The molecule has 5 heteroatoms. The fourth-order valence-corrected chi connectivity index (χ4v) is 3.71. The molecule has 2 aromatic carbocycles. The maximum absolute atomic E-state index is 14.8. The van der Waals surface area contributed by atoms with E-state index in [1.165, 1.54) is 18.3 Å². The number of carboxylic acids is 1. The fourth-order valence-electron chi connectivity index (χ4n) is 3.71. The normalized spacial score (nSPS) is 15.5. The second kappa shape index (κ2) is 7.58. The van der Waals surface area contributed by atoms with Crippen LogP contribution in [0.1, 0.15) is 55.6 Å². The highest BCUT2D eigenvalue weighted by Crippen LogP contribution is 2.40. The second-order valence-corrected chi connectivity index (χ2v) is 7.64. The van der Waals surface area contributed by atoms with Crippen LogP contribution in [0.25, 0.3) is 5.57 Å².